The molecule has 7 heteroatoms. The van der Waals surface area contributed by atoms with Gasteiger partial charge < -0.3 is 11.1 Å². The number of nitrogen functional groups attached to an aromatic ring is 1. The lowest BCUT2D eigenvalue weighted by Gasteiger charge is -2.03. The number of carbonyl (C=O) groups excluding carboxylic acids is 1. The predicted octanol–water partition coefficient (Wildman–Crippen LogP) is 3.92. The largest absolute Gasteiger partial charge is 0.368 e. The number of anilines is 3. The van der Waals surface area contributed by atoms with Crippen LogP contribution in [-0.4, -0.2) is 20.7 Å². The van der Waals surface area contributed by atoms with Crippen molar-refractivity contribution in [2.45, 2.75) is 19.3 Å². The number of rotatable bonds is 6. The lowest BCUT2D eigenvalue weighted by atomic mass is 10.1. The fourth-order valence-corrected chi connectivity index (χ4v) is 2.64. The van der Waals surface area contributed by atoms with Gasteiger partial charge in [-0.05, 0) is 36.6 Å². The molecule has 0 saturated carbocycles. The molecule has 3 N–H and O–H groups in total. The minimum atomic E-state index is -0.180. The Morgan fingerprint density at radius 2 is 1.96 bits per heavy atom. The smallest absolute Gasteiger partial charge is 0.250 e. The molecule has 0 saturated heterocycles. The van der Waals surface area contributed by atoms with Crippen molar-refractivity contribution < 1.29 is 4.79 Å². The minimum Gasteiger partial charge on any atom is -0.368 e. The van der Waals surface area contributed by atoms with Gasteiger partial charge in [0.15, 0.2) is 0 Å². The second-order valence-corrected chi connectivity index (χ2v) is 6.01. The zero-order chi connectivity index (χ0) is 17.6. The summed E-state index contributed by atoms with van der Waals surface area (Å²) in [6.45, 7) is 0. The second kappa shape index (κ2) is 7.81. The van der Waals surface area contributed by atoms with E-state index in [1.54, 1.807) is 18.2 Å². The van der Waals surface area contributed by atoms with Crippen LogP contribution in [0.25, 0.3) is 0 Å². The molecule has 0 radical (unpaired) electrons. The van der Waals surface area contributed by atoms with Crippen LogP contribution in [0.1, 0.15) is 23.2 Å². The molecule has 3 rings (SSSR count). The molecule has 0 aliphatic rings. The summed E-state index contributed by atoms with van der Waals surface area (Å²) >= 11 is 5.94. The molecular weight excluding hydrogens is 338 g/mol. The Morgan fingerprint density at radius 3 is 2.72 bits per heavy atom. The van der Waals surface area contributed by atoms with Crippen molar-refractivity contribution in [1.29, 1.82) is 0 Å². The van der Waals surface area contributed by atoms with Gasteiger partial charge in [-0.1, -0.05) is 48.0 Å². The SMILES string of the molecule is Nc1nc(Nc2cccc(Cl)c2)nn1C(=O)CCCc1ccccc1. The third-order valence-electron chi connectivity index (χ3n) is 3.65. The third kappa shape index (κ3) is 4.58. The standard InChI is InChI=1S/C18H18ClN5O/c19-14-9-5-10-15(12-14)21-18-22-17(20)24(23-18)16(25)11-4-8-13-6-2-1-3-7-13/h1-3,5-7,9-10,12H,4,8,11H2,(H3,20,21,22,23). The van der Waals surface area contributed by atoms with Crippen molar-refractivity contribution in [3.05, 3.63) is 65.2 Å². The predicted molar refractivity (Wildman–Crippen MR) is 99.2 cm³/mol. The number of hydrogen-bond donors (Lipinski definition) is 2. The highest BCUT2D eigenvalue weighted by molar-refractivity contribution is 6.30. The molecule has 0 spiro atoms. The van der Waals surface area contributed by atoms with Gasteiger partial charge in [0.05, 0.1) is 0 Å². The first-order valence-corrected chi connectivity index (χ1v) is 8.32. The average Bonchev–Trinajstić information content (AvgIpc) is 2.96. The molecular formula is C18H18ClN5O. The van der Waals surface area contributed by atoms with Gasteiger partial charge in [0.1, 0.15) is 0 Å². The summed E-state index contributed by atoms with van der Waals surface area (Å²) in [7, 11) is 0. The number of nitrogens with one attached hydrogen (secondary N) is 1. The molecule has 2 aromatic carbocycles. The van der Waals surface area contributed by atoms with Gasteiger partial charge >= 0.3 is 0 Å². The zero-order valence-electron chi connectivity index (χ0n) is 13.5. The molecule has 25 heavy (non-hydrogen) atoms. The van der Waals surface area contributed by atoms with Crippen LogP contribution in [0, 0.1) is 0 Å². The molecule has 0 unspecified atom stereocenters. The number of halogens is 1. The summed E-state index contributed by atoms with van der Waals surface area (Å²) in [4.78, 5) is 16.4. The van der Waals surface area contributed by atoms with Gasteiger partial charge in [-0.25, -0.2) is 0 Å². The number of nitrogens with zero attached hydrogens (tertiary/aromatic N) is 3. The topological polar surface area (TPSA) is 85.8 Å². The Labute approximate surface area is 150 Å². The molecule has 3 aromatic rings. The number of aromatic nitrogens is 3. The monoisotopic (exact) mass is 355 g/mol. The number of hydrogen-bond acceptors (Lipinski definition) is 5. The van der Waals surface area contributed by atoms with Crippen molar-refractivity contribution in [2.75, 3.05) is 11.1 Å². The van der Waals surface area contributed by atoms with Crippen molar-refractivity contribution in [3.8, 4) is 0 Å². The van der Waals surface area contributed by atoms with Gasteiger partial charge in [0.25, 0.3) is 0 Å². The summed E-state index contributed by atoms with van der Waals surface area (Å²) in [5.41, 5.74) is 7.73. The molecule has 128 valence electrons. The zero-order valence-corrected chi connectivity index (χ0v) is 14.3. The van der Waals surface area contributed by atoms with Crippen LogP contribution in [0.3, 0.4) is 0 Å². The summed E-state index contributed by atoms with van der Waals surface area (Å²) in [5.74, 6) is 0.144. The Hall–Kier alpha value is -2.86. The molecule has 0 aliphatic heterocycles. The highest BCUT2D eigenvalue weighted by Crippen LogP contribution is 2.19. The Bertz CT molecular complexity index is 863. The lowest BCUT2D eigenvalue weighted by molar-refractivity contribution is 0.0887. The van der Waals surface area contributed by atoms with Gasteiger partial charge in [-0.2, -0.15) is 9.67 Å². The summed E-state index contributed by atoms with van der Waals surface area (Å²) in [6, 6.07) is 17.2. The highest BCUT2D eigenvalue weighted by Gasteiger charge is 2.14. The van der Waals surface area contributed by atoms with Gasteiger partial charge in [-0.15, -0.1) is 5.10 Å². The van der Waals surface area contributed by atoms with E-state index in [-0.39, 0.29) is 17.8 Å². The van der Waals surface area contributed by atoms with Gasteiger partial charge in [0, 0.05) is 17.1 Å². The van der Waals surface area contributed by atoms with Crippen LogP contribution in [-0.2, 0) is 6.42 Å². The molecule has 0 atom stereocenters. The van der Waals surface area contributed by atoms with Crippen molar-refractivity contribution in [2.24, 2.45) is 0 Å². The Kier molecular flexibility index (Phi) is 5.30. The lowest BCUT2D eigenvalue weighted by Crippen LogP contribution is -2.15. The number of benzene rings is 2. The van der Waals surface area contributed by atoms with E-state index in [1.807, 2.05) is 36.4 Å². The third-order valence-corrected chi connectivity index (χ3v) is 3.88. The first kappa shape index (κ1) is 17.0. The first-order chi connectivity index (χ1) is 12.1. The van der Waals surface area contributed by atoms with Crippen LogP contribution in [0.15, 0.2) is 54.6 Å². The summed E-state index contributed by atoms with van der Waals surface area (Å²) in [5, 5.41) is 7.71. The Morgan fingerprint density at radius 1 is 1.16 bits per heavy atom. The van der Waals surface area contributed by atoms with E-state index in [1.165, 1.54) is 5.56 Å². The quantitative estimate of drug-likeness (QED) is 0.699. The van der Waals surface area contributed by atoms with E-state index in [4.69, 9.17) is 17.3 Å². The fraction of sp³-hybridized carbons (Fsp3) is 0.167. The normalized spacial score (nSPS) is 10.6. The van der Waals surface area contributed by atoms with E-state index >= 15 is 0 Å². The summed E-state index contributed by atoms with van der Waals surface area (Å²) < 4.78 is 1.14. The van der Waals surface area contributed by atoms with E-state index in [0.29, 0.717) is 11.4 Å². The van der Waals surface area contributed by atoms with E-state index in [0.717, 1.165) is 23.2 Å². The molecule has 0 bridgehead atoms. The van der Waals surface area contributed by atoms with Crippen molar-refractivity contribution in [1.82, 2.24) is 14.8 Å². The van der Waals surface area contributed by atoms with Crippen LogP contribution >= 0.6 is 11.6 Å². The molecule has 1 aromatic heterocycles. The number of carbonyl (C=O) groups is 1. The highest BCUT2D eigenvalue weighted by atomic mass is 35.5. The molecule has 6 nitrogen and oxygen atoms in total. The van der Waals surface area contributed by atoms with Crippen molar-refractivity contribution >= 4 is 35.1 Å². The number of aryl methyl sites for hydroxylation is 1. The van der Waals surface area contributed by atoms with Crippen LogP contribution in [0.5, 0.6) is 0 Å². The van der Waals surface area contributed by atoms with Crippen molar-refractivity contribution in [3.63, 3.8) is 0 Å². The van der Waals surface area contributed by atoms with Gasteiger partial charge in [-0.3, -0.25) is 4.79 Å². The second-order valence-electron chi connectivity index (χ2n) is 5.57. The first-order valence-electron chi connectivity index (χ1n) is 7.94. The summed E-state index contributed by atoms with van der Waals surface area (Å²) in [6.07, 6.45) is 1.90. The van der Waals surface area contributed by atoms with E-state index < -0.39 is 0 Å². The molecule has 1 heterocycles. The Balaban J connectivity index is 1.60. The molecule has 0 aliphatic carbocycles. The van der Waals surface area contributed by atoms with E-state index in [9.17, 15) is 4.79 Å². The molecule has 0 amide bonds. The fourth-order valence-electron chi connectivity index (χ4n) is 2.45. The molecule has 0 fully saturated rings. The van der Waals surface area contributed by atoms with E-state index in [2.05, 4.69) is 15.4 Å². The maximum atomic E-state index is 12.3. The van der Waals surface area contributed by atoms with Gasteiger partial charge in [0.2, 0.25) is 17.8 Å². The average molecular weight is 356 g/mol. The van der Waals surface area contributed by atoms with Crippen LogP contribution < -0.4 is 11.1 Å². The van der Waals surface area contributed by atoms with Crippen LogP contribution in [0.2, 0.25) is 5.02 Å². The maximum absolute atomic E-state index is 12.3. The maximum Gasteiger partial charge on any atom is 0.250 e. The number of nitrogens with two attached hydrogens (primary N) is 1. The minimum absolute atomic E-state index is 0.0641. The van der Waals surface area contributed by atoms with Crippen LogP contribution in [0.4, 0.5) is 17.6 Å².